The van der Waals surface area contributed by atoms with E-state index < -0.39 is 6.36 Å². The fourth-order valence-corrected chi connectivity index (χ4v) is 5.38. The third-order valence-electron chi connectivity index (χ3n) is 7.04. The van der Waals surface area contributed by atoms with E-state index in [-0.39, 0.29) is 11.7 Å². The average molecular weight is 601 g/mol. The smallest absolute Gasteiger partial charge is 0.406 e. The first-order valence-corrected chi connectivity index (χ1v) is 13.6. The van der Waals surface area contributed by atoms with Gasteiger partial charge in [-0.2, -0.15) is 0 Å². The molecule has 2 aromatic carbocycles. The number of hydrogen-bond donors (Lipinski definition) is 1. The average Bonchev–Trinajstić information content (AvgIpc) is 3.29. The molecule has 1 N–H and O–H groups in total. The van der Waals surface area contributed by atoms with E-state index in [9.17, 15) is 18.0 Å². The second kappa shape index (κ2) is 11.3. The van der Waals surface area contributed by atoms with E-state index in [1.807, 2.05) is 41.8 Å². The minimum absolute atomic E-state index is 0.161. The number of fused-ring (bicyclic) bond motifs is 1. The van der Waals surface area contributed by atoms with Crippen molar-refractivity contribution in [3.8, 4) is 5.75 Å². The fraction of sp³-hybridized carbons (Fsp3) is 0.310. The van der Waals surface area contributed by atoms with Crippen molar-refractivity contribution in [2.24, 2.45) is 0 Å². The molecule has 1 aliphatic heterocycles. The normalized spacial score (nSPS) is 14.5. The largest absolute Gasteiger partial charge is 0.573 e. The van der Waals surface area contributed by atoms with E-state index >= 15 is 0 Å². The number of anilines is 1. The number of carbonyl (C=O) groups is 1. The zero-order chi connectivity index (χ0) is 27.6. The van der Waals surface area contributed by atoms with Crippen LogP contribution in [0.25, 0.3) is 5.65 Å². The summed E-state index contributed by atoms with van der Waals surface area (Å²) in [5.41, 5.74) is 5.18. The molecule has 5 rings (SSSR count). The molecule has 0 radical (unpaired) electrons. The SMILES string of the molecule is CCc1nc2cc(Br)ccn2c1C(=O)NCc1ccc(N2CCC(c3ccc(OC(F)(F)F)cc3)CC2)cc1. The Hall–Kier alpha value is -3.53. The summed E-state index contributed by atoms with van der Waals surface area (Å²) < 4.78 is 43.9. The van der Waals surface area contributed by atoms with Gasteiger partial charge in [0, 0.05) is 36.0 Å². The third-order valence-corrected chi connectivity index (χ3v) is 7.54. The van der Waals surface area contributed by atoms with Crippen LogP contribution in [0.2, 0.25) is 0 Å². The fourth-order valence-electron chi connectivity index (χ4n) is 5.06. The van der Waals surface area contributed by atoms with Gasteiger partial charge in [-0.15, -0.1) is 13.2 Å². The van der Waals surface area contributed by atoms with Gasteiger partial charge in [-0.25, -0.2) is 4.98 Å². The monoisotopic (exact) mass is 600 g/mol. The number of amides is 1. The van der Waals surface area contributed by atoms with Gasteiger partial charge in [0.25, 0.3) is 5.91 Å². The highest BCUT2D eigenvalue weighted by Crippen LogP contribution is 2.32. The number of benzene rings is 2. The second-order valence-electron chi connectivity index (χ2n) is 9.56. The predicted molar refractivity (Wildman–Crippen MR) is 147 cm³/mol. The molecule has 3 heterocycles. The molecule has 1 saturated heterocycles. The number of alkyl halides is 3. The lowest BCUT2D eigenvalue weighted by Crippen LogP contribution is -2.32. The van der Waals surface area contributed by atoms with Crippen LogP contribution in [-0.4, -0.2) is 34.7 Å². The van der Waals surface area contributed by atoms with Gasteiger partial charge in [0.05, 0.1) is 5.69 Å². The third kappa shape index (κ3) is 6.38. The van der Waals surface area contributed by atoms with Crippen molar-refractivity contribution in [3.05, 3.63) is 93.8 Å². The number of halogens is 4. The van der Waals surface area contributed by atoms with Crippen LogP contribution in [0.3, 0.4) is 0 Å². The molecule has 204 valence electrons. The summed E-state index contributed by atoms with van der Waals surface area (Å²) in [6, 6.07) is 18.1. The van der Waals surface area contributed by atoms with Crippen molar-refractivity contribution in [1.29, 1.82) is 0 Å². The molecule has 0 atom stereocenters. The Balaban J connectivity index is 1.15. The molecule has 1 aliphatic rings. The minimum atomic E-state index is -4.68. The molecule has 1 amide bonds. The lowest BCUT2D eigenvalue weighted by atomic mass is 9.89. The van der Waals surface area contributed by atoms with Gasteiger partial charge in [-0.1, -0.05) is 47.1 Å². The molecule has 10 heteroatoms. The number of hydrogen-bond acceptors (Lipinski definition) is 4. The molecule has 6 nitrogen and oxygen atoms in total. The molecule has 0 saturated carbocycles. The Morgan fingerprint density at radius 2 is 1.77 bits per heavy atom. The maximum atomic E-state index is 13.1. The Morgan fingerprint density at radius 3 is 2.41 bits per heavy atom. The van der Waals surface area contributed by atoms with E-state index in [4.69, 9.17) is 0 Å². The Kier molecular flexibility index (Phi) is 7.83. The predicted octanol–water partition coefficient (Wildman–Crippen LogP) is 6.87. The van der Waals surface area contributed by atoms with Crippen LogP contribution in [0.1, 0.15) is 53.0 Å². The number of pyridine rings is 1. The molecule has 4 aromatic rings. The Morgan fingerprint density at radius 1 is 1.08 bits per heavy atom. The van der Waals surface area contributed by atoms with E-state index in [0.717, 1.165) is 58.6 Å². The van der Waals surface area contributed by atoms with Crippen LogP contribution >= 0.6 is 15.9 Å². The maximum Gasteiger partial charge on any atom is 0.573 e. The molecule has 39 heavy (non-hydrogen) atoms. The number of aryl methyl sites for hydroxylation is 1. The topological polar surface area (TPSA) is 58.9 Å². The zero-order valence-corrected chi connectivity index (χ0v) is 22.9. The number of imidazole rings is 1. The van der Waals surface area contributed by atoms with Crippen molar-refractivity contribution < 1.29 is 22.7 Å². The first kappa shape index (κ1) is 27.1. The number of carbonyl (C=O) groups excluding carboxylic acids is 1. The van der Waals surface area contributed by atoms with Crippen molar-refractivity contribution in [1.82, 2.24) is 14.7 Å². The summed E-state index contributed by atoms with van der Waals surface area (Å²) >= 11 is 3.45. The second-order valence-corrected chi connectivity index (χ2v) is 10.5. The van der Waals surface area contributed by atoms with Gasteiger partial charge in [0.1, 0.15) is 17.1 Å². The molecule has 0 bridgehead atoms. The minimum Gasteiger partial charge on any atom is -0.406 e. The highest BCUT2D eigenvalue weighted by atomic mass is 79.9. The zero-order valence-electron chi connectivity index (χ0n) is 21.3. The van der Waals surface area contributed by atoms with Gasteiger partial charge in [0.15, 0.2) is 0 Å². The first-order chi connectivity index (χ1) is 18.7. The number of nitrogens with one attached hydrogen (secondary N) is 1. The maximum absolute atomic E-state index is 13.1. The first-order valence-electron chi connectivity index (χ1n) is 12.8. The van der Waals surface area contributed by atoms with E-state index in [1.165, 1.54) is 12.1 Å². The van der Waals surface area contributed by atoms with Gasteiger partial charge in [0.2, 0.25) is 0 Å². The summed E-state index contributed by atoms with van der Waals surface area (Å²) in [5.74, 6) is -0.0622. The van der Waals surface area contributed by atoms with Crippen LogP contribution < -0.4 is 15.0 Å². The number of ether oxygens (including phenoxy) is 1. The number of piperidine rings is 1. The summed E-state index contributed by atoms with van der Waals surface area (Å²) in [4.78, 5) is 20.0. The van der Waals surface area contributed by atoms with E-state index in [1.54, 1.807) is 12.1 Å². The van der Waals surface area contributed by atoms with Crippen molar-refractivity contribution in [2.75, 3.05) is 18.0 Å². The summed E-state index contributed by atoms with van der Waals surface area (Å²) in [5, 5.41) is 3.03. The van der Waals surface area contributed by atoms with E-state index in [0.29, 0.717) is 24.6 Å². The van der Waals surface area contributed by atoms with Gasteiger partial charge in [-0.3, -0.25) is 9.20 Å². The van der Waals surface area contributed by atoms with Crippen molar-refractivity contribution >= 4 is 33.2 Å². The molecular formula is C29H28BrF3N4O2. The van der Waals surface area contributed by atoms with Crippen LogP contribution in [0, 0.1) is 0 Å². The quantitative estimate of drug-likeness (QED) is 0.251. The molecule has 2 aromatic heterocycles. The van der Waals surface area contributed by atoms with Crippen molar-refractivity contribution in [3.63, 3.8) is 0 Å². The van der Waals surface area contributed by atoms with Crippen LogP contribution in [0.15, 0.2) is 71.3 Å². The summed E-state index contributed by atoms with van der Waals surface area (Å²) in [6.07, 6.45) is -0.361. The van der Waals surface area contributed by atoms with Crippen LogP contribution in [-0.2, 0) is 13.0 Å². The summed E-state index contributed by atoms with van der Waals surface area (Å²) in [6.45, 7) is 4.10. The Labute approximate surface area is 232 Å². The number of nitrogens with zero attached hydrogens (tertiary/aromatic N) is 3. The Bertz CT molecular complexity index is 1440. The molecule has 1 fully saturated rings. The van der Waals surface area contributed by atoms with E-state index in [2.05, 4.69) is 48.0 Å². The van der Waals surface area contributed by atoms with Gasteiger partial charge in [-0.05, 0) is 72.7 Å². The number of aromatic nitrogens is 2. The molecular weight excluding hydrogens is 573 g/mol. The lowest BCUT2D eigenvalue weighted by Gasteiger charge is -2.34. The molecule has 0 unspecified atom stereocenters. The highest BCUT2D eigenvalue weighted by Gasteiger charge is 2.31. The standard InChI is InChI=1S/C29H28BrF3N4O2/c1-2-25-27(37-16-13-22(30)17-26(37)35-25)28(38)34-18-19-3-7-23(8-4-19)36-14-11-21(12-15-36)20-5-9-24(10-6-20)39-29(31,32)33/h3-10,13,16-17,21H,2,11-12,14-15,18H2,1H3,(H,34,38). The van der Waals surface area contributed by atoms with Crippen molar-refractivity contribution in [2.45, 2.75) is 45.0 Å². The lowest BCUT2D eigenvalue weighted by molar-refractivity contribution is -0.274. The molecule has 0 aliphatic carbocycles. The highest BCUT2D eigenvalue weighted by molar-refractivity contribution is 9.10. The van der Waals surface area contributed by atoms with Crippen LogP contribution in [0.5, 0.6) is 5.75 Å². The van der Waals surface area contributed by atoms with Crippen LogP contribution in [0.4, 0.5) is 18.9 Å². The number of rotatable bonds is 7. The van der Waals surface area contributed by atoms with Gasteiger partial charge < -0.3 is 15.0 Å². The summed E-state index contributed by atoms with van der Waals surface area (Å²) in [7, 11) is 0. The molecule has 0 spiro atoms. The van der Waals surface area contributed by atoms with Gasteiger partial charge >= 0.3 is 6.36 Å².